The fraction of sp³-hybridized carbons (Fsp3) is 0.250. The highest BCUT2D eigenvalue weighted by Crippen LogP contribution is 2.23. The number of sulfonamides is 1. The van der Waals surface area contributed by atoms with Crippen LogP contribution in [0.5, 0.6) is 0 Å². The first kappa shape index (κ1) is 15.9. The van der Waals surface area contributed by atoms with Crippen molar-refractivity contribution in [2.75, 3.05) is 4.72 Å². The molecule has 0 unspecified atom stereocenters. The van der Waals surface area contributed by atoms with Gasteiger partial charge in [-0.2, -0.15) is 5.10 Å². The predicted molar refractivity (Wildman–Crippen MR) is 76.5 cm³/mol. The van der Waals surface area contributed by atoms with Gasteiger partial charge in [-0.15, -0.1) is 0 Å². The Balaban J connectivity index is 2.35. The Morgan fingerprint density at radius 3 is 2.55 bits per heavy atom. The topological polar surface area (TPSA) is 118 Å². The van der Waals surface area contributed by atoms with Crippen molar-refractivity contribution in [2.45, 2.75) is 24.7 Å². The minimum atomic E-state index is -4.18. The number of nitro benzene ring substituents is 1. The van der Waals surface area contributed by atoms with Crippen LogP contribution in [-0.4, -0.2) is 23.5 Å². The van der Waals surface area contributed by atoms with Gasteiger partial charge < -0.3 is 0 Å². The molecule has 0 radical (unpaired) electrons. The Kier molecular flexibility index (Phi) is 4.13. The van der Waals surface area contributed by atoms with Crippen molar-refractivity contribution in [1.82, 2.24) is 10.2 Å². The van der Waals surface area contributed by atoms with E-state index in [0.717, 1.165) is 6.07 Å². The average Bonchev–Trinajstić information content (AvgIpc) is 2.86. The van der Waals surface area contributed by atoms with Crippen LogP contribution in [0.4, 0.5) is 15.9 Å². The summed E-state index contributed by atoms with van der Waals surface area (Å²) in [6.07, 6.45) is 0. The molecule has 0 atom stereocenters. The summed E-state index contributed by atoms with van der Waals surface area (Å²) >= 11 is 0. The highest BCUT2D eigenvalue weighted by atomic mass is 32.2. The third-order valence-electron chi connectivity index (χ3n) is 2.84. The summed E-state index contributed by atoms with van der Waals surface area (Å²) in [5.74, 6) is -0.879. The van der Waals surface area contributed by atoms with Gasteiger partial charge in [0.2, 0.25) is 0 Å². The summed E-state index contributed by atoms with van der Waals surface area (Å²) in [5, 5.41) is 17.1. The number of hydrogen-bond donors (Lipinski definition) is 2. The third kappa shape index (κ3) is 3.39. The summed E-state index contributed by atoms with van der Waals surface area (Å²) in [4.78, 5) is 9.26. The molecule has 0 aliphatic carbocycles. The molecule has 10 heteroatoms. The van der Waals surface area contributed by atoms with E-state index in [9.17, 15) is 22.9 Å². The lowest BCUT2D eigenvalue weighted by atomic mass is 10.1. The van der Waals surface area contributed by atoms with Crippen molar-refractivity contribution in [3.63, 3.8) is 0 Å². The molecule has 1 heterocycles. The molecule has 0 amide bonds. The predicted octanol–water partition coefficient (Wildman–Crippen LogP) is 2.38. The number of nitro groups is 1. The summed E-state index contributed by atoms with van der Waals surface area (Å²) < 4.78 is 39.8. The second kappa shape index (κ2) is 5.72. The van der Waals surface area contributed by atoms with E-state index in [0.29, 0.717) is 17.8 Å². The van der Waals surface area contributed by atoms with Gasteiger partial charge in [0.05, 0.1) is 15.9 Å². The van der Waals surface area contributed by atoms with Crippen LogP contribution in [0.2, 0.25) is 0 Å². The van der Waals surface area contributed by atoms with Gasteiger partial charge in [0, 0.05) is 17.8 Å². The van der Waals surface area contributed by atoms with E-state index >= 15 is 0 Å². The molecule has 2 N–H and O–H groups in total. The smallest absolute Gasteiger partial charge is 0.273 e. The van der Waals surface area contributed by atoms with Gasteiger partial charge in [-0.25, -0.2) is 12.8 Å². The molecule has 118 valence electrons. The third-order valence-corrected chi connectivity index (χ3v) is 4.17. The molecule has 1 aromatic heterocycles. The molecule has 0 saturated heterocycles. The van der Waals surface area contributed by atoms with Gasteiger partial charge in [-0.1, -0.05) is 13.8 Å². The molecule has 0 aliphatic rings. The van der Waals surface area contributed by atoms with Crippen molar-refractivity contribution in [1.29, 1.82) is 0 Å². The number of nitrogens with one attached hydrogen (secondary N) is 2. The van der Waals surface area contributed by atoms with E-state index < -0.39 is 31.3 Å². The zero-order chi connectivity index (χ0) is 16.5. The lowest BCUT2D eigenvalue weighted by molar-refractivity contribution is -0.385. The number of hydrogen-bond acceptors (Lipinski definition) is 5. The molecule has 0 saturated carbocycles. The molecule has 22 heavy (non-hydrogen) atoms. The fourth-order valence-corrected chi connectivity index (χ4v) is 2.73. The SMILES string of the molecule is CC(C)c1cc(NS(=O)(=O)c2cc(F)cc([N+](=O)[O-])c2)n[nH]1. The van der Waals surface area contributed by atoms with Crippen LogP contribution < -0.4 is 4.72 Å². The Hall–Kier alpha value is -2.49. The Morgan fingerprint density at radius 2 is 2.00 bits per heavy atom. The van der Waals surface area contributed by atoms with Crippen molar-refractivity contribution in [2.24, 2.45) is 0 Å². The highest BCUT2D eigenvalue weighted by molar-refractivity contribution is 7.92. The number of non-ortho nitro benzene ring substituents is 1. The van der Waals surface area contributed by atoms with Crippen LogP contribution >= 0.6 is 0 Å². The highest BCUT2D eigenvalue weighted by Gasteiger charge is 2.21. The number of H-pyrrole nitrogens is 1. The van der Waals surface area contributed by atoms with E-state index in [1.54, 1.807) is 0 Å². The maximum Gasteiger partial charge on any atom is 0.273 e. The number of aromatic amines is 1. The van der Waals surface area contributed by atoms with E-state index in [-0.39, 0.29) is 11.7 Å². The number of benzene rings is 1. The second-order valence-electron chi connectivity index (χ2n) is 4.87. The van der Waals surface area contributed by atoms with Crippen molar-refractivity contribution >= 4 is 21.5 Å². The summed E-state index contributed by atoms with van der Waals surface area (Å²) in [6, 6.07) is 3.62. The zero-order valence-corrected chi connectivity index (χ0v) is 12.5. The van der Waals surface area contributed by atoms with Crippen LogP contribution in [0, 0.1) is 15.9 Å². The lowest BCUT2D eigenvalue weighted by Gasteiger charge is -2.05. The van der Waals surface area contributed by atoms with Gasteiger partial charge in [0.25, 0.3) is 15.7 Å². The average molecular weight is 328 g/mol. The second-order valence-corrected chi connectivity index (χ2v) is 6.55. The van der Waals surface area contributed by atoms with Gasteiger partial charge in [0.1, 0.15) is 5.82 Å². The number of nitrogens with zero attached hydrogens (tertiary/aromatic N) is 2. The van der Waals surface area contributed by atoms with Crippen molar-refractivity contribution in [3.8, 4) is 0 Å². The summed E-state index contributed by atoms with van der Waals surface area (Å²) in [7, 11) is -4.18. The Labute approximate surface area is 125 Å². The maximum absolute atomic E-state index is 13.3. The first-order valence-corrected chi connectivity index (χ1v) is 7.70. The quantitative estimate of drug-likeness (QED) is 0.645. The Morgan fingerprint density at radius 1 is 1.32 bits per heavy atom. The summed E-state index contributed by atoms with van der Waals surface area (Å²) in [5.41, 5.74) is 0.0631. The van der Waals surface area contributed by atoms with Crippen LogP contribution in [0.15, 0.2) is 29.2 Å². The van der Waals surface area contributed by atoms with E-state index in [1.807, 2.05) is 13.8 Å². The largest absolute Gasteiger partial charge is 0.280 e. The number of halogens is 1. The molecule has 8 nitrogen and oxygen atoms in total. The molecule has 0 spiro atoms. The molecule has 2 rings (SSSR count). The van der Waals surface area contributed by atoms with Gasteiger partial charge in [-0.3, -0.25) is 19.9 Å². The normalized spacial score (nSPS) is 11.6. The van der Waals surface area contributed by atoms with Gasteiger partial charge >= 0.3 is 0 Å². The van der Waals surface area contributed by atoms with E-state index in [1.165, 1.54) is 6.07 Å². The van der Waals surface area contributed by atoms with Crippen LogP contribution in [0.25, 0.3) is 0 Å². The first-order chi connectivity index (χ1) is 10.2. The zero-order valence-electron chi connectivity index (χ0n) is 11.7. The van der Waals surface area contributed by atoms with Crippen molar-refractivity contribution < 1.29 is 17.7 Å². The van der Waals surface area contributed by atoms with Crippen LogP contribution in [0.3, 0.4) is 0 Å². The Bertz CT molecular complexity index is 816. The molecule has 0 bridgehead atoms. The van der Waals surface area contributed by atoms with Gasteiger partial charge in [0.15, 0.2) is 5.82 Å². The number of anilines is 1. The molecule has 0 aliphatic heterocycles. The monoisotopic (exact) mass is 328 g/mol. The maximum atomic E-state index is 13.3. The minimum absolute atomic E-state index is 0.0237. The standard InChI is InChI=1S/C12H13FN4O4S/c1-7(2)11-6-12(15-14-11)16-22(20,21)10-4-8(13)3-9(5-10)17(18)19/h3-7H,1-2H3,(H2,14,15,16). The van der Waals surface area contributed by atoms with E-state index in [4.69, 9.17) is 0 Å². The molecule has 2 aromatic rings. The molecular formula is C12H13FN4O4S. The lowest BCUT2D eigenvalue weighted by Crippen LogP contribution is -2.13. The summed E-state index contributed by atoms with van der Waals surface area (Å²) in [6.45, 7) is 3.78. The van der Waals surface area contributed by atoms with Crippen LogP contribution in [0.1, 0.15) is 25.5 Å². The molecule has 1 aromatic carbocycles. The van der Waals surface area contributed by atoms with E-state index in [2.05, 4.69) is 14.9 Å². The fourth-order valence-electron chi connectivity index (χ4n) is 1.69. The molecular weight excluding hydrogens is 315 g/mol. The van der Waals surface area contributed by atoms with Crippen LogP contribution in [-0.2, 0) is 10.0 Å². The number of rotatable bonds is 5. The number of aromatic nitrogens is 2. The van der Waals surface area contributed by atoms with Crippen molar-refractivity contribution in [3.05, 3.63) is 45.9 Å². The molecule has 0 fully saturated rings. The minimum Gasteiger partial charge on any atom is -0.280 e. The first-order valence-electron chi connectivity index (χ1n) is 6.22. The van der Waals surface area contributed by atoms with Gasteiger partial charge in [-0.05, 0) is 12.0 Å².